The van der Waals surface area contributed by atoms with Crippen LogP contribution >= 0.6 is 0 Å². The van der Waals surface area contributed by atoms with Gasteiger partial charge in [0.2, 0.25) is 0 Å². The first-order chi connectivity index (χ1) is 8.97. The Morgan fingerprint density at radius 2 is 2.05 bits per heavy atom. The van der Waals surface area contributed by atoms with E-state index in [9.17, 15) is 10.1 Å². The summed E-state index contributed by atoms with van der Waals surface area (Å²) in [6, 6.07) is 7.38. The first-order valence-corrected chi connectivity index (χ1v) is 5.68. The van der Waals surface area contributed by atoms with Crippen LogP contribution < -0.4 is 0 Å². The van der Waals surface area contributed by atoms with Crippen molar-refractivity contribution >= 4 is 5.69 Å². The second kappa shape index (κ2) is 4.53. The molecule has 1 heterocycles. The molecule has 0 fully saturated rings. The molecule has 1 aromatic carbocycles. The molecule has 0 saturated carbocycles. The summed E-state index contributed by atoms with van der Waals surface area (Å²) < 4.78 is 1.47. The lowest BCUT2D eigenvalue weighted by Crippen LogP contribution is -2.04. The van der Waals surface area contributed by atoms with Gasteiger partial charge in [0.1, 0.15) is 17.5 Å². The van der Waals surface area contributed by atoms with Gasteiger partial charge in [-0.05, 0) is 32.4 Å². The number of hydrogen-bond donors (Lipinski definition) is 0. The molecule has 0 unspecified atom stereocenters. The molecule has 0 amide bonds. The molecule has 1 aromatic heterocycles. The van der Waals surface area contributed by atoms with Crippen LogP contribution in [0.3, 0.4) is 0 Å². The van der Waals surface area contributed by atoms with E-state index in [0.717, 1.165) is 5.56 Å². The van der Waals surface area contributed by atoms with E-state index in [1.165, 1.54) is 4.68 Å². The zero-order valence-electron chi connectivity index (χ0n) is 10.8. The molecule has 0 saturated heterocycles. The third-order valence-electron chi connectivity index (χ3n) is 3.01. The van der Waals surface area contributed by atoms with Crippen molar-refractivity contribution in [2.45, 2.75) is 20.8 Å². The van der Waals surface area contributed by atoms with Gasteiger partial charge < -0.3 is 0 Å². The van der Waals surface area contributed by atoms with Gasteiger partial charge in [0.05, 0.1) is 16.2 Å². The highest BCUT2D eigenvalue weighted by molar-refractivity contribution is 5.56. The van der Waals surface area contributed by atoms with Crippen molar-refractivity contribution in [3.8, 4) is 11.8 Å². The smallest absolute Gasteiger partial charge is 0.258 e. The fourth-order valence-electron chi connectivity index (χ4n) is 2.15. The van der Waals surface area contributed by atoms with Gasteiger partial charge in [0.25, 0.3) is 0 Å². The monoisotopic (exact) mass is 256 g/mol. The number of para-hydroxylation sites is 1. The quantitative estimate of drug-likeness (QED) is 0.610. The molecule has 0 atom stereocenters. The average molecular weight is 256 g/mol. The van der Waals surface area contributed by atoms with Gasteiger partial charge in [-0.1, -0.05) is 12.1 Å². The van der Waals surface area contributed by atoms with Crippen molar-refractivity contribution < 1.29 is 4.92 Å². The average Bonchev–Trinajstić information content (AvgIpc) is 2.64. The summed E-state index contributed by atoms with van der Waals surface area (Å²) in [7, 11) is 0. The molecule has 0 bridgehead atoms. The van der Waals surface area contributed by atoms with E-state index in [2.05, 4.69) is 11.2 Å². The second-order valence-corrected chi connectivity index (χ2v) is 4.27. The lowest BCUT2D eigenvalue weighted by atomic mass is 10.1. The summed E-state index contributed by atoms with van der Waals surface area (Å²) in [5.74, 6) is 0. The molecule has 0 aliphatic rings. The number of hydrogen-bond acceptors (Lipinski definition) is 4. The van der Waals surface area contributed by atoms with Crippen LogP contribution in [-0.4, -0.2) is 14.7 Å². The van der Waals surface area contributed by atoms with Crippen molar-refractivity contribution in [2.24, 2.45) is 0 Å². The maximum absolute atomic E-state index is 11.0. The highest BCUT2D eigenvalue weighted by Crippen LogP contribution is 2.27. The van der Waals surface area contributed by atoms with Crippen LogP contribution in [0.5, 0.6) is 0 Å². The molecular formula is C13H12N4O2. The number of benzene rings is 1. The fourth-order valence-corrected chi connectivity index (χ4v) is 2.15. The summed E-state index contributed by atoms with van der Waals surface area (Å²) in [5.41, 5.74) is 2.65. The van der Waals surface area contributed by atoms with E-state index in [0.29, 0.717) is 22.6 Å². The van der Waals surface area contributed by atoms with Crippen molar-refractivity contribution in [3.63, 3.8) is 0 Å². The minimum Gasteiger partial charge on any atom is -0.258 e. The summed E-state index contributed by atoms with van der Waals surface area (Å²) in [6.45, 7) is 5.07. The lowest BCUT2D eigenvalue weighted by molar-refractivity contribution is -0.386. The van der Waals surface area contributed by atoms with E-state index in [1.54, 1.807) is 26.0 Å². The molecule has 0 N–H and O–H groups in total. The zero-order chi connectivity index (χ0) is 14.2. The largest absolute Gasteiger partial charge is 0.313 e. The summed E-state index contributed by atoms with van der Waals surface area (Å²) in [6.07, 6.45) is 0. The second-order valence-electron chi connectivity index (χ2n) is 4.27. The number of nitro groups is 1. The van der Waals surface area contributed by atoms with Gasteiger partial charge in [-0.15, -0.1) is 0 Å². The van der Waals surface area contributed by atoms with Gasteiger partial charge in [0, 0.05) is 0 Å². The van der Waals surface area contributed by atoms with Crippen molar-refractivity contribution in [2.75, 3.05) is 0 Å². The van der Waals surface area contributed by atoms with Gasteiger partial charge in [-0.3, -0.25) is 10.1 Å². The first-order valence-electron chi connectivity index (χ1n) is 5.68. The van der Waals surface area contributed by atoms with Crippen LogP contribution in [0.15, 0.2) is 18.2 Å². The molecule has 6 heteroatoms. The Kier molecular flexibility index (Phi) is 3.05. The van der Waals surface area contributed by atoms with Crippen LogP contribution in [0.25, 0.3) is 5.69 Å². The van der Waals surface area contributed by atoms with E-state index in [-0.39, 0.29) is 5.69 Å². The van der Waals surface area contributed by atoms with Crippen LogP contribution in [0, 0.1) is 42.2 Å². The fraction of sp³-hybridized carbons (Fsp3) is 0.231. The topological polar surface area (TPSA) is 84.8 Å². The number of rotatable bonds is 2. The van der Waals surface area contributed by atoms with E-state index < -0.39 is 4.92 Å². The highest BCUT2D eigenvalue weighted by atomic mass is 16.6. The van der Waals surface area contributed by atoms with Crippen molar-refractivity contribution in [3.05, 3.63) is 50.8 Å². The van der Waals surface area contributed by atoms with Crippen molar-refractivity contribution in [1.29, 1.82) is 5.26 Å². The third kappa shape index (κ3) is 1.95. The maximum Gasteiger partial charge on any atom is 0.313 e. The first kappa shape index (κ1) is 12.8. The Morgan fingerprint density at radius 1 is 1.37 bits per heavy atom. The molecule has 96 valence electrons. The predicted molar refractivity (Wildman–Crippen MR) is 69.1 cm³/mol. The SMILES string of the molecule is Cc1cccc(C#N)c1-n1nc(C)c([N+](=O)[O-])c1C. The number of nitrogens with zero attached hydrogens (tertiary/aromatic N) is 4. The summed E-state index contributed by atoms with van der Waals surface area (Å²) >= 11 is 0. The third-order valence-corrected chi connectivity index (χ3v) is 3.01. The number of aromatic nitrogens is 2. The van der Waals surface area contributed by atoms with Crippen LogP contribution in [0.2, 0.25) is 0 Å². The van der Waals surface area contributed by atoms with E-state index in [4.69, 9.17) is 5.26 Å². The minimum atomic E-state index is -0.446. The van der Waals surface area contributed by atoms with Gasteiger partial charge in [-0.25, -0.2) is 4.68 Å². The molecule has 0 aliphatic heterocycles. The minimum absolute atomic E-state index is 0.00728. The van der Waals surface area contributed by atoms with Crippen LogP contribution in [-0.2, 0) is 0 Å². The van der Waals surface area contributed by atoms with Gasteiger partial charge >= 0.3 is 5.69 Å². The van der Waals surface area contributed by atoms with Gasteiger partial charge in [0.15, 0.2) is 0 Å². The van der Waals surface area contributed by atoms with E-state index in [1.807, 2.05) is 13.0 Å². The molecule has 2 aromatic rings. The zero-order valence-corrected chi connectivity index (χ0v) is 10.8. The lowest BCUT2D eigenvalue weighted by Gasteiger charge is -2.09. The predicted octanol–water partition coefficient (Wildman–Crippen LogP) is 2.58. The van der Waals surface area contributed by atoms with Crippen LogP contribution in [0.4, 0.5) is 5.69 Å². The normalized spacial score (nSPS) is 10.2. The van der Waals surface area contributed by atoms with Gasteiger partial charge in [-0.2, -0.15) is 10.4 Å². The molecule has 2 rings (SSSR count). The number of aryl methyl sites for hydroxylation is 2. The Hall–Kier alpha value is -2.68. The molecule has 0 spiro atoms. The Morgan fingerprint density at radius 3 is 2.58 bits per heavy atom. The molecule has 0 radical (unpaired) electrons. The molecule has 0 aliphatic carbocycles. The van der Waals surface area contributed by atoms with Crippen molar-refractivity contribution in [1.82, 2.24) is 9.78 Å². The van der Waals surface area contributed by atoms with E-state index >= 15 is 0 Å². The summed E-state index contributed by atoms with van der Waals surface area (Å²) in [5, 5.41) is 24.4. The molecule has 6 nitrogen and oxygen atoms in total. The molecular weight excluding hydrogens is 244 g/mol. The Labute approximate surface area is 110 Å². The maximum atomic E-state index is 11.0. The molecule has 19 heavy (non-hydrogen) atoms. The summed E-state index contributed by atoms with van der Waals surface area (Å²) in [4.78, 5) is 10.6. The van der Waals surface area contributed by atoms with Crippen LogP contribution in [0.1, 0.15) is 22.5 Å². The highest BCUT2D eigenvalue weighted by Gasteiger charge is 2.24. The standard InChI is InChI=1S/C13H12N4O2/c1-8-5-4-6-11(7-14)12(8)16-10(3)13(17(18)19)9(2)15-16/h4-6H,1-3H3. The Bertz CT molecular complexity index is 710. The number of nitriles is 1. The Balaban J connectivity index is 2.78.